The smallest absolute Gasteiger partial charge is 0.133 e. The SMILES string of the molecule is CCS(=O)c1ccc(O)cn1. The molecule has 1 heterocycles. The van der Waals surface area contributed by atoms with Crippen LogP contribution in [0.4, 0.5) is 0 Å². The van der Waals surface area contributed by atoms with Gasteiger partial charge in [0.05, 0.1) is 17.0 Å². The van der Waals surface area contributed by atoms with E-state index in [0.29, 0.717) is 10.8 Å². The van der Waals surface area contributed by atoms with E-state index in [0.717, 1.165) is 0 Å². The van der Waals surface area contributed by atoms with E-state index in [2.05, 4.69) is 4.98 Å². The van der Waals surface area contributed by atoms with E-state index >= 15 is 0 Å². The number of hydrogen-bond acceptors (Lipinski definition) is 3. The minimum atomic E-state index is -1.02. The van der Waals surface area contributed by atoms with E-state index in [1.165, 1.54) is 12.3 Å². The molecule has 1 atom stereocenters. The Morgan fingerprint density at radius 1 is 1.64 bits per heavy atom. The average molecular weight is 171 g/mol. The molecule has 0 bridgehead atoms. The highest BCUT2D eigenvalue weighted by molar-refractivity contribution is 7.84. The lowest BCUT2D eigenvalue weighted by Crippen LogP contribution is -1.95. The molecule has 0 amide bonds. The van der Waals surface area contributed by atoms with Crippen molar-refractivity contribution in [2.45, 2.75) is 11.9 Å². The van der Waals surface area contributed by atoms with E-state index in [1.54, 1.807) is 6.07 Å². The van der Waals surface area contributed by atoms with Crippen molar-refractivity contribution in [1.29, 1.82) is 0 Å². The zero-order chi connectivity index (χ0) is 8.27. The van der Waals surface area contributed by atoms with Crippen molar-refractivity contribution in [1.82, 2.24) is 4.98 Å². The average Bonchev–Trinajstić information content (AvgIpc) is 2.05. The van der Waals surface area contributed by atoms with Gasteiger partial charge in [0.1, 0.15) is 10.8 Å². The summed E-state index contributed by atoms with van der Waals surface area (Å²) in [7, 11) is -1.02. The van der Waals surface area contributed by atoms with Crippen LogP contribution < -0.4 is 0 Å². The van der Waals surface area contributed by atoms with Crippen LogP contribution in [0, 0.1) is 0 Å². The highest BCUT2D eigenvalue weighted by Crippen LogP contribution is 2.08. The molecule has 1 rings (SSSR count). The van der Waals surface area contributed by atoms with Crippen LogP contribution >= 0.6 is 0 Å². The number of aromatic nitrogens is 1. The zero-order valence-corrected chi connectivity index (χ0v) is 6.97. The van der Waals surface area contributed by atoms with Crippen LogP contribution in [0.15, 0.2) is 23.4 Å². The molecule has 0 aromatic carbocycles. The highest BCUT2D eigenvalue weighted by Gasteiger charge is 2.00. The topological polar surface area (TPSA) is 50.2 Å². The second-order valence-electron chi connectivity index (χ2n) is 1.99. The second-order valence-corrected chi connectivity index (χ2v) is 3.68. The molecular weight excluding hydrogens is 162 g/mol. The van der Waals surface area contributed by atoms with Gasteiger partial charge >= 0.3 is 0 Å². The first kappa shape index (κ1) is 8.20. The van der Waals surface area contributed by atoms with Gasteiger partial charge in [-0.1, -0.05) is 6.92 Å². The Morgan fingerprint density at radius 2 is 2.36 bits per heavy atom. The van der Waals surface area contributed by atoms with Crippen LogP contribution in [0.25, 0.3) is 0 Å². The molecule has 0 spiro atoms. The van der Waals surface area contributed by atoms with Crippen molar-refractivity contribution in [3.05, 3.63) is 18.3 Å². The van der Waals surface area contributed by atoms with E-state index in [1.807, 2.05) is 6.92 Å². The fraction of sp³-hybridized carbons (Fsp3) is 0.286. The summed E-state index contributed by atoms with van der Waals surface area (Å²) >= 11 is 0. The summed E-state index contributed by atoms with van der Waals surface area (Å²) in [5, 5.41) is 9.37. The minimum Gasteiger partial charge on any atom is -0.506 e. The monoisotopic (exact) mass is 171 g/mol. The van der Waals surface area contributed by atoms with E-state index in [9.17, 15) is 4.21 Å². The summed E-state index contributed by atoms with van der Waals surface area (Å²) in [4.78, 5) is 3.80. The van der Waals surface area contributed by atoms with E-state index < -0.39 is 10.8 Å². The molecule has 0 radical (unpaired) electrons. The zero-order valence-electron chi connectivity index (χ0n) is 6.15. The number of nitrogens with zero attached hydrogens (tertiary/aromatic N) is 1. The van der Waals surface area contributed by atoms with Gasteiger partial charge in [0.15, 0.2) is 0 Å². The maximum atomic E-state index is 11.1. The van der Waals surface area contributed by atoms with Crippen molar-refractivity contribution in [3.63, 3.8) is 0 Å². The fourth-order valence-corrected chi connectivity index (χ4v) is 1.34. The molecule has 1 unspecified atom stereocenters. The summed E-state index contributed by atoms with van der Waals surface area (Å²) in [6.07, 6.45) is 1.29. The van der Waals surface area contributed by atoms with Crippen LogP contribution in [0.3, 0.4) is 0 Å². The van der Waals surface area contributed by atoms with Gasteiger partial charge < -0.3 is 5.11 Å². The maximum Gasteiger partial charge on any atom is 0.133 e. The molecule has 11 heavy (non-hydrogen) atoms. The Hall–Kier alpha value is -0.900. The van der Waals surface area contributed by atoms with Crippen molar-refractivity contribution >= 4 is 10.8 Å². The molecule has 0 saturated carbocycles. The molecule has 60 valence electrons. The quantitative estimate of drug-likeness (QED) is 0.719. The van der Waals surface area contributed by atoms with Crippen LogP contribution in [-0.4, -0.2) is 20.1 Å². The fourth-order valence-electron chi connectivity index (χ4n) is 0.655. The van der Waals surface area contributed by atoms with Crippen molar-refractivity contribution in [2.24, 2.45) is 0 Å². The molecule has 3 nitrogen and oxygen atoms in total. The number of aromatic hydroxyl groups is 1. The Balaban J connectivity index is 2.90. The van der Waals surface area contributed by atoms with Gasteiger partial charge in [0.2, 0.25) is 0 Å². The molecule has 0 fully saturated rings. The Kier molecular flexibility index (Phi) is 2.59. The Bertz CT molecular complexity index is 258. The third kappa shape index (κ3) is 2.01. The van der Waals surface area contributed by atoms with Gasteiger partial charge in [-0.15, -0.1) is 0 Å². The summed E-state index contributed by atoms with van der Waals surface area (Å²) in [6.45, 7) is 1.82. The predicted octanol–water partition coefficient (Wildman–Crippen LogP) is 0.915. The third-order valence-corrected chi connectivity index (χ3v) is 2.45. The first-order valence-corrected chi connectivity index (χ1v) is 4.59. The maximum absolute atomic E-state index is 11.1. The molecule has 0 aliphatic heterocycles. The first-order valence-electron chi connectivity index (χ1n) is 3.27. The van der Waals surface area contributed by atoms with Gasteiger partial charge in [-0.05, 0) is 12.1 Å². The predicted molar refractivity (Wildman–Crippen MR) is 42.9 cm³/mol. The molecule has 0 aliphatic carbocycles. The first-order chi connectivity index (χ1) is 5.24. The van der Waals surface area contributed by atoms with E-state index in [-0.39, 0.29) is 5.75 Å². The standard InChI is InChI=1S/C7H9NO2S/c1-2-11(10)7-4-3-6(9)5-8-7/h3-5,9H,2H2,1H3. The van der Waals surface area contributed by atoms with Crippen molar-refractivity contribution in [3.8, 4) is 5.75 Å². The van der Waals surface area contributed by atoms with Gasteiger partial charge in [-0.2, -0.15) is 0 Å². The molecule has 4 heteroatoms. The van der Waals surface area contributed by atoms with Crippen molar-refractivity contribution < 1.29 is 9.32 Å². The molecular formula is C7H9NO2S. The van der Waals surface area contributed by atoms with E-state index in [4.69, 9.17) is 5.11 Å². The number of rotatable bonds is 2. The van der Waals surface area contributed by atoms with Gasteiger partial charge in [-0.25, -0.2) is 4.98 Å². The van der Waals surface area contributed by atoms with Crippen LogP contribution in [0.5, 0.6) is 5.75 Å². The van der Waals surface area contributed by atoms with Crippen LogP contribution in [-0.2, 0) is 10.8 Å². The van der Waals surface area contributed by atoms with Crippen LogP contribution in [0.1, 0.15) is 6.92 Å². The summed E-state index contributed by atoms with van der Waals surface area (Å²) in [6, 6.07) is 3.05. The Labute approximate surface area is 67.5 Å². The Morgan fingerprint density at radius 3 is 2.82 bits per heavy atom. The van der Waals surface area contributed by atoms with Gasteiger partial charge in [0, 0.05) is 5.75 Å². The highest BCUT2D eigenvalue weighted by atomic mass is 32.2. The lowest BCUT2D eigenvalue weighted by atomic mass is 10.5. The largest absolute Gasteiger partial charge is 0.506 e. The van der Waals surface area contributed by atoms with Gasteiger partial charge in [0.25, 0.3) is 0 Å². The van der Waals surface area contributed by atoms with Crippen molar-refractivity contribution in [2.75, 3.05) is 5.75 Å². The molecule has 1 aromatic rings. The lowest BCUT2D eigenvalue weighted by Gasteiger charge is -1.96. The molecule has 1 aromatic heterocycles. The second kappa shape index (κ2) is 3.48. The lowest BCUT2D eigenvalue weighted by molar-refractivity contribution is 0.471. The van der Waals surface area contributed by atoms with Gasteiger partial charge in [-0.3, -0.25) is 4.21 Å². The molecule has 0 saturated heterocycles. The molecule has 0 aliphatic rings. The summed E-state index contributed by atoms with van der Waals surface area (Å²) in [5.74, 6) is 0.652. The minimum absolute atomic E-state index is 0.0989. The number of hydrogen-bond donors (Lipinski definition) is 1. The summed E-state index contributed by atoms with van der Waals surface area (Å²) < 4.78 is 11.1. The number of pyridine rings is 1. The third-order valence-electron chi connectivity index (χ3n) is 1.22. The molecule has 1 N–H and O–H groups in total. The normalized spacial score (nSPS) is 12.8. The van der Waals surface area contributed by atoms with Crippen LogP contribution in [0.2, 0.25) is 0 Å². The summed E-state index contributed by atoms with van der Waals surface area (Å²) in [5.41, 5.74) is 0.